The number of aryl methyl sites for hydroxylation is 1. The largest absolute Gasteiger partial charge is 0.356 e. The first-order valence-corrected chi connectivity index (χ1v) is 9.52. The summed E-state index contributed by atoms with van der Waals surface area (Å²) in [7, 11) is 1.94. The monoisotopic (exact) mass is 396 g/mol. The average molecular weight is 397 g/mol. The topological polar surface area (TPSA) is 67.1 Å². The van der Waals surface area contributed by atoms with E-state index < -0.39 is 0 Å². The number of hydrogen-bond donors (Lipinski definition) is 2. The van der Waals surface area contributed by atoms with Crippen LogP contribution in [0, 0.1) is 6.92 Å². The maximum absolute atomic E-state index is 6.13. The van der Waals surface area contributed by atoms with Crippen LogP contribution >= 0.6 is 23.2 Å². The lowest BCUT2D eigenvalue weighted by Crippen LogP contribution is -2.39. The summed E-state index contributed by atoms with van der Waals surface area (Å²) >= 11 is 12.1. The highest BCUT2D eigenvalue weighted by Gasteiger charge is 2.11. The normalized spacial score (nSPS) is 12.9. The van der Waals surface area contributed by atoms with Crippen LogP contribution < -0.4 is 10.6 Å². The van der Waals surface area contributed by atoms with Gasteiger partial charge < -0.3 is 15.2 Å². The van der Waals surface area contributed by atoms with Gasteiger partial charge in [0.2, 0.25) is 0 Å². The summed E-state index contributed by atoms with van der Waals surface area (Å²) in [5, 5.41) is 16.1. The number of guanidine groups is 1. The molecule has 0 aliphatic heterocycles. The van der Waals surface area contributed by atoms with Crippen molar-refractivity contribution in [3.05, 3.63) is 45.5 Å². The Morgan fingerprint density at radius 3 is 2.65 bits per heavy atom. The molecule has 1 heterocycles. The molecule has 0 fully saturated rings. The van der Waals surface area contributed by atoms with Gasteiger partial charge in [0, 0.05) is 13.6 Å². The fraction of sp³-hybridized carbons (Fsp3) is 0.500. The maximum atomic E-state index is 6.13. The Hall–Kier alpha value is -1.79. The molecule has 2 aromatic rings. The smallest absolute Gasteiger partial charge is 0.192 e. The summed E-state index contributed by atoms with van der Waals surface area (Å²) in [6.45, 7) is 7.45. The Morgan fingerprint density at radius 2 is 2.04 bits per heavy atom. The van der Waals surface area contributed by atoms with Gasteiger partial charge >= 0.3 is 0 Å². The number of nitrogens with one attached hydrogen (secondary N) is 2. The van der Waals surface area contributed by atoms with Crippen molar-refractivity contribution in [1.82, 2.24) is 25.4 Å². The number of nitrogens with zero attached hydrogens (tertiary/aromatic N) is 4. The van der Waals surface area contributed by atoms with Gasteiger partial charge in [-0.15, -0.1) is 10.2 Å². The first-order chi connectivity index (χ1) is 12.4. The van der Waals surface area contributed by atoms with Crippen LogP contribution in [-0.2, 0) is 13.6 Å². The zero-order chi connectivity index (χ0) is 19.1. The standard InChI is InChI=1S/C18H26Cl2N6/c1-5-6-9-21-18(22-11-17-25-24-13(3)26(17)4)23-12(2)14-7-8-15(19)16(20)10-14/h7-8,10,12H,5-6,9,11H2,1-4H3,(H2,21,22,23). The second-order valence-electron chi connectivity index (χ2n) is 6.21. The first-order valence-electron chi connectivity index (χ1n) is 8.77. The minimum Gasteiger partial charge on any atom is -0.356 e. The zero-order valence-corrected chi connectivity index (χ0v) is 17.2. The highest BCUT2D eigenvalue weighted by Crippen LogP contribution is 2.25. The van der Waals surface area contributed by atoms with Gasteiger partial charge in [0.05, 0.1) is 16.1 Å². The van der Waals surface area contributed by atoms with Crippen LogP contribution in [0.15, 0.2) is 23.2 Å². The van der Waals surface area contributed by atoms with Crippen LogP contribution in [-0.4, -0.2) is 27.3 Å². The minimum atomic E-state index is 0.0267. The van der Waals surface area contributed by atoms with Crippen molar-refractivity contribution in [3.63, 3.8) is 0 Å². The van der Waals surface area contributed by atoms with Crippen LogP contribution in [0.4, 0.5) is 0 Å². The predicted molar refractivity (Wildman–Crippen MR) is 108 cm³/mol. The van der Waals surface area contributed by atoms with E-state index in [0.717, 1.165) is 42.6 Å². The Kier molecular flexibility index (Phi) is 7.72. The molecule has 0 spiro atoms. The highest BCUT2D eigenvalue weighted by molar-refractivity contribution is 6.42. The van der Waals surface area contributed by atoms with Crippen LogP contribution in [0.25, 0.3) is 0 Å². The zero-order valence-electron chi connectivity index (χ0n) is 15.7. The molecule has 0 aliphatic rings. The van der Waals surface area contributed by atoms with E-state index in [1.54, 1.807) is 6.07 Å². The van der Waals surface area contributed by atoms with Gasteiger partial charge in [-0.05, 0) is 38.0 Å². The van der Waals surface area contributed by atoms with E-state index in [4.69, 9.17) is 23.2 Å². The van der Waals surface area contributed by atoms with Crippen molar-refractivity contribution < 1.29 is 0 Å². The fourth-order valence-corrected chi connectivity index (χ4v) is 2.65. The molecule has 2 rings (SSSR count). The Morgan fingerprint density at radius 1 is 1.27 bits per heavy atom. The quantitative estimate of drug-likeness (QED) is 0.421. The van der Waals surface area contributed by atoms with Crippen LogP contribution in [0.3, 0.4) is 0 Å². The summed E-state index contributed by atoms with van der Waals surface area (Å²) in [6, 6.07) is 5.67. The SMILES string of the molecule is CCCCNC(=NCc1nnc(C)n1C)NC(C)c1ccc(Cl)c(Cl)c1. The molecule has 0 bridgehead atoms. The van der Waals surface area contributed by atoms with Gasteiger partial charge in [0.25, 0.3) is 0 Å². The summed E-state index contributed by atoms with van der Waals surface area (Å²) in [5.41, 5.74) is 1.04. The molecule has 0 saturated heterocycles. The number of benzene rings is 1. The predicted octanol–water partition coefficient (Wildman–Crippen LogP) is 4.03. The van der Waals surface area contributed by atoms with E-state index in [0.29, 0.717) is 16.6 Å². The molecule has 1 unspecified atom stereocenters. The third-order valence-corrected chi connectivity index (χ3v) is 4.92. The lowest BCUT2D eigenvalue weighted by molar-refractivity contribution is 0.663. The van der Waals surface area contributed by atoms with Crippen molar-refractivity contribution in [3.8, 4) is 0 Å². The summed E-state index contributed by atoms with van der Waals surface area (Å²) in [6.07, 6.45) is 2.19. The van der Waals surface area contributed by atoms with E-state index in [2.05, 4.69) is 39.7 Å². The van der Waals surface area contributed by atoms with Crippen LogP contribution in [0.5, 0.6) is 0 Å². The molecule has 1 aromatic carbocycles. The van der Waals surface area contributed by atoms with Crippen molar-refractivity contribution >= 4 is 29.2 Å². The van der Waals surface area contributed by atoms with Crippen LogP contribution in [0.2, 0.25) is 10.0 Å². The van der Waals surface area contributed by atoms with Gasteiger partial charge in [0.1, 0.15) is 12.4 Å². The van der Waals surface area contributed by atoms with Crippen molar-refractivity contribution in [2.24, 2.45) is 12.0 Å². The molecule has 0 aliphatic carbocycles. The molecule has 0 saturated carbocycles. The lowest BCUT2D eigenvalue weighted by Gasteiger charge is -2.19. The van der Waals surface area contributed by atoms with E-state index in [-0.39, 0.29) is 6.04 Å². The number of halogens is 2. The van der Waals surface area contributed by atoms with Crippen LogP contribution in [0.1, 0.15) is 49.9 Å². The van der Waals surface area contributed by atoms with Crippen molar-refractivity contribution in [1.29, 1.82) is 0 Å². The van der Waals surface area contributed by atoms with Gasteiger partial charge in [0.15, 0.2) is 11.8 Å². The first kappa shape index (κ1) is 20.5. The molecule has 26 heavy (non-hydrogen) atoms. The Balaban J connectivity index is 2.10. The van der Waals surface area contributed by atoms with Gasteiger partial charge in [-0.25, -0.2) is 4.99 Å². The third kappa shape index (κ3) is 5.61. The maximum Gasteiger partial charge on any atom is 0.192 e. The summed E-state index contributed by atoms with van der Waals surface area (Å²) < 4.78 is 1.94. The van der Waals surface area contributed by atoms with Gasteiger partial charge in [-0.2, -0.15) is 0 Å². The number of hydrogen-bond acceptors (Lipinski definition) is 3. The number of aliphatic imine (C=N–C) groups is 1. The minimum absolute atomic E-state index is 0.0267. The second-order valence-corrected chi connectivity index (χ2v) is 7.02. The Labute approximate surface area is 165 Å². The summed E-state index contributed by atoms with van der Waals surface area (Å²) in [5.74, 6) is 2.42. The molecule has 2 N–H and O–H groups in total. The molecule has 1 atom stereocenters. The van der Waals surface area contributed by atoms with E-state index in [1.807, 2.05) is 30.7 Å². The molecule has 142 valence electrons. The summed E-state index contributed by atoms with van der Waals surface area (Å²) in [4.78, 5) is 4.66. The Bertz CT molecular complexity index is 756. The molecule has 0 radical (unpaired) electrons. The molecule has 1 aromatic heterocycles. The average Bonchev–Trinajstić information content (AvgIpc) is 2.93. The molecule has 8 heteroatoms. The molecule has 0 amide bonds. The fourth-order valence-electron chi connectivity index (χ4n) is 2.34. The van der Waals surface area contributed by atoms with Gasteiger partial charge in [-0.1, -0.05) is 42.6 Å². The number of rotatable bonds is 7. The van der Waals surface area contributed by atoms with E-state index >= 15 is 0 Å². The number of unbranched alkanes of at least 4 members (excludes halogenated alkanes) is 1. The highest BCUT2D eigenvalue weighted by atomic mass is 35.5. The third-order valence-electron chi connectivity index (χ3n) is 4.18. The van der Waals surface area contributed by atoms with Crippen molar-refractivity contribution in [2.75, 3.05) is 6.54 Å². The van der Waals surface area contributed by atoms with Crippen molar-refractivity contribution in [2.45, 2.75) is 46.2 Å². The molecular weight excluding hydrogens is 371 g/mol. The van der Waals surface area contributed by atoms with Gasteiger partial charge in [-0.3, -0.25) is 0 Å². The molecular formula is C18H26Cl2N6. The van der Waals surface area contributed by atoms with E-state index in [9.17, 15) is 0 Å². The lowest BCUT2D eigenvalue weighted by atomic mass is 10.1. The second kappa shape index (κ2) is 9.78. The number of aromatic nitrogens is 3. The van der Waals surface area contributed by atoms with E-state index in [1.165, 1.54) is 0 Å². The molecule has 6 nitrogen and oxygen atoms in total.